The Kier molecular flexibility index (Phi) is 9.10. The summed E-state index contributed by atoms with van der Waals surface area (Å²) in [7, 11) is 1.52. The van der Waals surface area contributed by atoms with Crippen molar-refractivity contribution in [3.8, 4) is 34.1 Å². The summed E-state index contributed by atoms with van der Waals surface area (Å²) in [6.07, 6.45) is 2.89. The SMILES string of the molecule is COc1cc2ccc1CNC(=O)COc1cccc(c1)-c1ccc(F)c(c1)C(=O)N[C@@H]1CN(C(=O)c3cccc(-n4cnnc4)c3)CC[C@@H]1O2. The molecule has 2 N–H and O–H groups in total. The molecule has 13 heteroatoms. The Labute approximate surface area is 286 Å². The van der Waals surface area contributed by atoms with Crippen molar-refractivity contribution in [2.24, 2.45) is 0 Å². The quantitative estimate of drug-likeness (QED) is 0.291. The molecule has 3 aliphatic rings. The fraction of sp³-hybridized carbons (Fsp3) is 0.216. The second-order valence-corrected chi connectivity index (χ2v) is 12.0. The van der Waals surface area contributed by atoms with E-state index in [0.717, 1.165) is 11.3 Å². The van der Waals surface area contributed by atoms with Crippen LogP contribution in [0.1, 0.15) is 32.7 Å². The van der Waals surface area contributed by atoms with Crippen molar-refractivity contribution in [3.63, 3.8) is 0 Å². The summed E-state index contributed by atoms with van der Waals surface area (Å²) in [6, 6.07) is 22.9. The van der Waals surface area contributed by atoms with Crippen molar-refractivity contribution in [2.75, 3.05) is 26.8 Å². The number of fused-ring (bicyclic) bond motifs is 7. The van der Waals surface area contributed by atoms with Gasteiger partial charge in [0, 0.05) is 48.9 Å². The van der Waals surface area contributed by atoms with Gasteiger partial charge in [-0.25, -0.2) is 4.39 Å². The normalized spacial score (nSPS) is 17.8. The van der Waals surface area contributed by atoms with E-state index in [1.54, 1.807) is 88.9 Å². The van der Waals surface area contributed by atoms with Crippen LogP contribution in [-0.4, -0.2) is 76.3 Å². The van der Waals surface area contributed by atoms with E-state index in [4.69, 9.17) is 14.2 Å². The lowest BCUT2D eigenvalue weighted by Gasteiger charge is -2.39. The summed E-state index contributed by atoms with van der Waals surface area (Å²) in [5.41, 5.74) is 2.97. The van der Waals surface area contributed by atoms with Crippen LogP contribution in [0.25, 0.3) is 16.8 Å². The molecule has 6 bridgehead atoms. The maximum atomic E-state index is 15.3. The van der Waals surface area contributed by atoms with E-state index in [9.17, 15) is 14.4 Å². The van der Waals surface area contributed by atoms with Crippen LogP contribution in [-0.2, 0) is 11.3 Å². The molecule has 0 saturated carbocycles. The number of amides is 3. The van der Waals surface area contributed by atoms with Gasteiger partial charge in [-0.1, -0.05) is 24.3 Å². The van der Waals surface area contributed by atoms with Gasteiger partial charge in [0.2, 0.25) is 0 Å². The van der Waals surface area contributed by atoms with Crippen LogP contribution in [0.4, 0.5) is 4.39 Å². The number of benzene rings is 4. The second kappa shape index (κ2) is 14.1. The third kappa shape index (κ3) is 6.97. The Morgan fingerprint density at radius 3 is 2.60 bits per heavy atom. The average molecular weight is 677 g/mol. The highest BCUT2D eigenvalue weighted by atomic mass is 19.1. The number of hydrogen-bond acceptors (Lipinski definition) is 8. The summed E-state index contributed by atoms with van der Waals surface area (Å²) in [5.74, 6) is -0.533. The van der Waals surface area contributed by atoms with Gasteiger partial charge in [-0.2, -0.15) is 0 Å². The Morgan fingerprint density at radius 2 is 1.76 bits per heavy atom. The largest absolute Gasteiger partial charge is 0.496 e. The van der Waals surface area contributed by atoms with Gasteiger partial charge in [0.25, 0.3) is 17.7 Å². The van der Waals surface area contributed by atoms with Crippen LogP contribution < -0.4 is 24.8 Å². The first-order chi connectivity index (χ1) is 24.3. The van der Waals surface area contributed by atoms with Crippen molar-refractivity contribution < 1.29 is 33.0 Å². The van der Waals surface area contributed by atoms with Crippen molar-refractivity contribution in [2.45, 2.75) is 25.1 Å². The number of likely N-dealkylation sites (tertiary alicyclic amines) is 1. The smallest absolute Gasteiger partial charge is 0.258 e. The summed E-state index contributed by atoms with van der Waals surface area (Å²) in [4.78, 5) is 41.9. The number of nitrogens with one attached hydrogen (secondary N) is 2. The molecule has 12 nitrogen and oxygen atoms in total. The topological polar surface area (TPSA) is 137 Å². The number of nitrogens with zero attached hydrogens (tertiary/aromatic N) is 4. The van der Waals surface area contributed by atoms with Gasteiger partial charge in [-0.05, 0) is 65.7 Å². The molecule has 3 amide bonds. The maximum Gasteiger partial charge on any atom is 0.258 e. The molecule has 1 saturated heterocycles. The van der Waals surface area contributed by atoms with Gasteiger partial charge in [0.05, 0.1) is 18.7 Å². The molecule has 1 fully saturated rings. The molecule has 3 aliphatic heterocycles. The van der Waals surface area contributed by atoms with Gasteiger partial charge in [-0.3, -0.25) is 19.0 Å². The monoisotopic (exact) mass is 676 g/mol. The van der Waals surface area contributed by atoms with E-state index in [0.29, 0.717) is 46.9 Å². The highest BCUT2D eigenvalue weighted by Gasteiger charge is 2.35. The van der Waals surface area contributed by atoms with E-state index < -0.39 is 23.9 Å². The van der Waals surface area contributed by atoms with Crippen molar-refractivity contribution in [1.29, 1.82) is 0 Å². The summed E-state index contributed by atoms with van der Waals surface area (Å²) < 4.78 is 34.7. The Morgan fingerprint density at radius 1 is 0.940 bits per heavy atom. The van der Waals surface area contributed by atoms with Crippen LogP contribution in [0.3, 0.4) is 0 Å². The first-order valence-corrected chi connectivity index (χ1v) is 16.0. The van der Waals surface area contributed by atoms with Gasteiger partial charge in [0.1, 0.15) is 41.8 Å². The molecule has 2 atom stereocenters. The summed E-state index contributed by atoms with van der Waals surface area (Å²) in [5, 5.41) is 13.5. The van der Waals surface area contributed by atoms with Crippen LogP contribution in [0.15, 0.2) is 97.6 Å². The molecule has 0 aliphatic carbocycles. The zero-order chi connectivity index (χ0) is 34.6. The van der Waals surface area contributed by atoms with E-state index in [-0.39, 0.29) is 37.1 Å². The molecule has 0 spiro atoms. The van der Waals surface area contributed by atoms with Gasteiger partial charge in [-0.15, -0.1) is 10.2 Å². The number of hydrogen-bond donors (Lipinski definition) is 2. The molecule has 4 aromatic carbocycles. The third-order valence-electron chi connectivity index (χ3n) is 8.73. The Hall–Kier alpha value is -6.24. The Bertz CT molecular complexity index is 2050. The number of ether oxygens (including phenoxy) is 3. The average Bonchev–Trinajstić information content (AvgIpc) is 3.69. The van der Waals surface area contributed by atoms with Gasteiger partial charge in [0.15, 0.2) is 6.61 Å². The molecule has 50 heavy (non-hydrogen) atoms. The van der Waals surface area contributed by atoms with Crippen molar-refractivity contribution >= 4 is 17.7 Å². The number of halogens is 1. The number of aromatic nitrogens is 3. The van der Waals surface area contributed by atoms with E-state index >= 15 is 4.39 Å². The minimum Gasteiger partial charge on any atom is -0.496 e. The minimum atomic E-state index is -0.712. The fourth-order valence-corrected chi connectivity index (χ4v) is 6.11. The van der Waals surface area contributed by atoms with Crippen LogP contribution >= 0.6 is 0 Å². The number of rotatable bonds is 3. The van der Waals surface area contributed by atoms with Crippen LogP contribution in [0.5, 0.6) is 17.2 Å². The number of carbonyl (C=O) groups is 3. The standard InChI is InChI=1S/C37H33FN6O6/c1-48-34-17-29-10-8-26(34)18-39-35(45)20-49-28-7-3-4-23(15-28)24-9-11-31(38)30(16-24)36(46)42-32-19-43(13-12-33(32)50-29)37(47)25-5-2-6-27(14-25)44-21-40-41-22-44/h2-11,14-17,21-22,32-33H,12-13,18-20H2,1H3,(H,39,45)(H,42,46)/t32-,33+/m1/s1. The number of piperidine rings is 1. The first kappa shape index (κ1) is 32.3. The number of carbonyl (C=O) groups excluding carboxylic acids is 3. The lowest BCUT2D eigenvalue weighted by molar-refractivity contribution is -0.123. The minimum absolute atomic E-state index is 0.105. The predicted octanol–water partition coefficient (Wildman–Crippen LogP) is 4.18. The Balaban J connectivity index is 1.22. The summed E-state index contributed by atoms with van der Waals surface area (Å²) in [6.45, 7) is 0.423. The molecule has 0 unspecified atom stereocenters. The zero-order valence-electron chi connectivity index (χ0n) is 27.0. The molecule has 1 aromatic heterocycles. The predicted molar refractivity (Wildman–Crippen MR) is 180 cm³/mol. The lowest BCUT2D eigenvalue weighted by atomic mass is 9.98. The first-order valence-electron chi connectivity index (χ1n) is 16.0. The molecule has 0 radical (unpaired) electrons. The lowest BCUT2D eigenvalue weighted by Crippen LogP contribution is -2.58. The summed E-state index contributed by atoms with van der Waals surface area (Å²) >= 11 is 0. The van der Waals surface area contributed by atoms with Gasteiger partial charge >= 0.3 is 0 Å². The van der Waals surface area contributed by atoms with E-state index in [2.05, 4.69) is 20.8 Å². The maximum absolute atomic E-state index is 15.3. The molecular weight excluding hydrogens is 643 g/mol. The highest BCUT2D eigenvalue weighted by molar-refractivity contribution is 5.97. The van der Waals surface area contributed by atoms with E-state index in [1.807, 2.05) is 6.07 Å². The molecule has 8 rings (SSSR count). The molecule has 5 aromatic rings. The highest BCUT2D eigenvalue weighted by Crippen LogP contribution is 2.29. The van der Waals surface area contributed by atoms with Crippen molar-refractivity contribution in [3.05, 3.63) is 120 Å². The number of methoxy groups -OCH3 is 1. The van der Waals surface area contributed by atoms with Crippen LogP contribution in [0.2, 0.25) is 0 Å². The molecule has 254 valence electrons. The van der Waals surface area contributed by atoms with Crippen LogP contribution in [0, 0.1) is 5.82 Å². The van der Waals surface area contributed by atoms with Crippen molar-refractivity contribution in [1.82, 2.24) is 30.3 Å². The molecule has 4 heterocycles. The van der Waals surface area contributed by atoms with E-state index in [1.165, 1.54) is 19.2 Å². The third-order valence-corrected chi connectivity index (χ3v) is 8.73. The fourth-order valence-electron chi connectivity index (χ4n) is 6.11. The van der Waals surface area contributed by atoms with Gasteiger partial charge < -0.3 is 29.7 Å². The zero-order valence-corrected chi connectivity index (χ0v) is 27.0. The molecular formula is C37H33FN6O6. The second-order valence-electron chi connectivity index (χ2n) is 12.0.